The Morgan fingerprint density at radius 2 is 1.54 bits per heavy atom. The molecule has 0 saturated heterocycles. The molecule has 1 aromatic heterocycles. The number of amides is 1. The van der Waals surface area contributed by atoms with Crippen molar-refractivity contribution in [1.82, 2.24) is 5.32 Å². The molecule has 1 N–H and O–H groups in total. The maximum Gasteiger partial charge on any atom is 0.262 e. The molecule has 0 bridgehead atoms. The van der Waals surface area contributed by atoms with Gasteiger partial charge < -0.3 is 5.32 Å². The molecule has 0 unspecified atom stereocenters. The molecule has 0 spiro atoms. The summed E-state index contributed by atoms with van der Waals surface area (Å²) in [5, 5.41) is 3.20. The number of hydrogen-bond acceptors (Lipinski definition) is 2. The monoisotopic (exact) mass is 335 g/mol. The first-order chi connectivity index (χ1) is 11.7. The Morgan fingerprint density at radius 1 is 1.00 bits per heavy atom. The SMILES string of the molecule is CCc1sc(C(=O)NC(c2ccccc2)c2ccccc2)cc1C. The molecule has 1 heterocycles. The van der Waals surface area contributed by atoms with Gasteiger partial charge in [0.15, 0.2) is 0 Å². The van der Waals surface area contributed by atoms with Crippen LogP contribution in [0.15, 0.2) is 66.7 Å². The second kappa shape index (κ2) is 7.45. The zero-order valence-electron chi connectivity index (χ0n) is 14.0. The van der Waals surface area contributed by atoms with Crippen molar-refractivity contribution in [2.45, 2.75) is 26.3 Å². The molecule has 2 aromatic carbocycles. The summed E-state index contributed by atoms with van der Waals surface area (Å²) in [5.74, 6) is -0.0134. The lowest BCUT2D eigenvalue weighted by Crippen LogP contribution is -2.28. The molecular formula is C21H21NOS. The topological polar surface area (TPSA) is 29.1 Å². The summed E-state index contributed by atoms with van der Waals surface area (Å²) in [6.07, 6.45) is 0.963. The highest BCUT2D eigenvalue weighted by molar-refractivity contribution is 7.14. The molecule has 3 rings (SSSR count). The Kier molecular flexibility index (Phi) is 5.11. The standard InChI is InChI=1S/C21H21NOS/c1-3-18-15(2)14-19(24-18)21(23)22-20(16-10-6-4-7-11-16)17-12-8-5-9-13-17/h4-14,20H,3H2,1-2H3,(H,22,23). The van der Waals surface area contributed by atoms with E-state index in [1.54, 1.807) is 11.3 Å². The number of benzene rings is 2. The third-order valence-corrected chi connectivity index (χ3v) is 5.49. The fourth-order valence-corrected chi connectivity index (χ4v) is 3.85. The van der Waals surface area contributed by atoms with E-state index in [9.17, 15) is 4.79 Å². The van der Waals surface area contributed by atoms with Crippen LogP contribution in [0.5, 0.6) is 0 Å². The minimum Gasteiger partial charge on any atom is -0.340 e. The number of rotatable bonds is 5. The number of hydrogen-bond donors (Lipinski definition) is 1. The predicted molar refractivity (Wildman–Crippen MR) is 101 cm³/mol. The molecule has 0 radical (unpaired) electrons. The number of nitrogens with one attached hydrogen (secondary N) is 1. The van der Waals surface area contributed by atoms with Crippen LogP contribution in [0.25, 0.3) is 0 Å². The summed E-state index contributed by atoms with van der Waals surface area (Å²) < 4.78 is 0. The molecule has 3 heteroatoms. The fraction of sp³-hybridized carbons (Fsp3) is 0.190. The van der Waals surface area contributed by atoms with E-state index in [2.05, 4.69) is 43.4 Å². The average molecular weight is 335 g/mol. The van der Waals surface area contributed by atoms with Gasteiger partial charge in [0, 0.05) is 4.88 Å². The lowest BCUT2D eigenvalue weighted by atomic mass is 9.98. The molecule has 3 aromatic rings. The van der Waals surface area contributed by atoms with Crippen molar-refractivity contribution < 1.29 is 4.79 Å². The minimum atomic E-state index is -0.146. The van der Waals surface area contributed by atoms with Crippen LogP contribution < -0.4 is 5.32 Å². The Bertz CT molecular complexity index is 769. The van der Waals surface area contributed by atoms with Crippen molar-refractivity contribution in [3.63, 3.8) is 0 Å². The maximum absolute atomic E-state index is 12.8. The van der Waals surface area contributed by atoms with E-state index >= 15 is 0 Å². The first-order valence-corrected chi connectivity index (χ1v) is 9.00. The highest BCUT2D eigenvalue weighted by Gasteiger charge is 2.19. The summed E-state index contributed by atoms with van der Waals surface area (Å²) in [7, 11) is 0. The van der Waals surface area contributed by atoms with Crippen molar-refractivity contribution >= 4 is 17.2 Å². The second-order valence-corrected chi connectivity index (χ2v) is 6.93. The van der Waals surface area contributed by atoms with E-state index in [4.69, 9.17) is 0 Å². The van der Waals surface area contributed by atoms with E-state index in [0.717, 1.165) is 22.4 Å². The maximum atomic E-state index is 12.8. The van der Waals surface area contributed by atoms with Crippen LogP contribution in [0.1, 0.15) is 44.2 Å². The third-order valence-electron chi connectivity index (χ3n) is 4.11. The van der Waals surface area contributed by atoms with Gasteiger partial charge in [0.25, 0.3) is 5.91 Å². The molecule has 1 amide bonds. The molecule has 2 nitrogen and oxygen atoms in total. The van der Waals surface area contributed by atoms with Gasteiger partial charge in [0.2, 0.25) is 0 Å². The Balaban J connectivity index is 1.90. The number of thiophene rings is 1. The van der Waals surface area contributed by atoms with Gasteiger partial charge in [-0.15, -0.1) is 11.3 Å². The smallest absolute Gasteiger partial charge is 0.262 e. The fourth-order valence-electron chi connectivity index (χ4n) is 2.84. The van der Waals surface area contributed by atoms with E-state index in [-0.39, 0.29) is 11.9 Å². The van der Waals surface area contributed by atoms with Gasteiger partial charge in [0.05, 0.1) is 10.9 Å². The van der Waals surface area contributed by atoms with Crippen molar-refractivity contribution in [3.05, 3.63) is 93.2 Å². The van der Waals surface area contributed by atoms with Gasteiger partial charge >= 0.3 is 0 Å². The van der Waals surface area contributed by atoms with Crippen LogP contribution in [-0.4, -0.2) is 5.91 Å². The Labute approximate surface area is 147 Å². The Hall–Kier alpha value is -2.39. The van der Waals surface area contributed by atoms with Crippen molar-refractivity contribution in [2.24, 2.45) is 0 Å². The minimum absolute atomic E-state index is 0.0134. The summed E-state index contributed by atoms with van der Waals surface area (Å²) >= 11 is 1.59. The number of carbonyl (C=O) groups excluding carboxylic acids is 1. The van der Waals surface area contributed by atoms with Gasteiger partial charge in [0.1, 0.15) is 0 Å². The molecule has 0 aliphatic rings. The lowest BCUT2D eigenvalue weighted by molar-refractivity contribution is 0.0947. The normalized spacial score (nSPS) is 10.8. The van der Waals surface area contributed by atoms with Gasteiger partial charge in [-0.3, -0.25) is 4.79 Å². The highest BCUT2D eigenvalue weighted by atomic mass is 32.1. The second-order valence-electron chi connectivity index (χ2n) is 5.80. The first-order valence-electron chi connectivity index (χ1n) is 8.19. The van der Waals surface area contributed by atoms with E-state index in [1.807, 2.05) is 42.5 Å². The van der Waals surface area contributed by atoms with E-state index in [1.165, 1.54) is 10.4 Å². The molecule has 0 atom stereocenters. The zero-order chi connectivity index (χ0) is 16.9. The van der Waals surface area contributed by atoms with Gasteiger partial charge in [-0.1, -0.05) is 67.6 Å². The van der Waals surface area contributed by atoms with Crippen molar-refractivity contribution in [2.75, 3.05) is 0 Å². The van der Waals surface area contributed by atoms with Crippen molar-refractivity contribution in [1.29, 1.82) is 0 Å². The molecule has 0 aliphatic heterocycles. The summed E-state index contributed by atoms with van der Waals surface area (Å²) in [5.41, 5.74) is 3.37. The van der Waals surface area contributed by atoms with Crippen LogP contribution in [-0.2, 0) is 6.42 Å². The lowest BCUT2D eigenvalue weighted by Gasteiger charge is -2.19. The van der Waals surface area contributed by atoms with Gasteiger partial charge in [-0.05, 0) is 36.1 Å². The van der Waals surface area contributed by atoms with Crippen molar-refractivity contribution in [3.8, 4) is 0 Å². The third kappa shape index (κ3) is 3.57. The van der Waals surface area contributed by atoms with Crippen LogP contribution >= 0.6 is 11.3 Å². The molecule has 0 saturated carbocycles. The van der Waals surface area contributed by atoms with Crippen LogP contribution in [0.2, 0.25) is 0 Å². The summed E-state index contributed by atoms with van der Waals surface area (Å²) in [6, 6.07) is 22.0. The van der Waals surface area contributed by atoms with Gasteiger partial charge in [-0.2, -0.15) is 0 Å². The molecule has 122 valence electrons. The number of aryl methyl sites for hydroxylation is 2. The quantitative estimate of drug-likeness (QED) is 0.687. The Morgan fingerprint density at radius 3 is 2.00 bits per heavy atom. The summed E-state index contributed by atoms with van der Waals surface area (Å²) in [4.78, 5) is 14.8. The molecule has 0 aliphatic carbocycles. The highest BCUT2D eigenvalue weighted by Crippen LogP contribution is 2.26. The number of carbonyl (C=O) groups is 1. The largest absolute Gasteiger partial charge is 0.340 e. The van der Waals surface area contributed by atoms with E-state index in [0.29, 0.717) is 0 Å². The van der Waals surface area contributed by atoms with Crippen LogP contribution in [0, 0.1) is 6.92 Å². The summed E-state index contributed by atoms with van der Waals surface area (Å²) in [6.45, 7) is 4.19. The molecule has 0 fully saturated rings. The molecular weight excluding hydrogens is 314 g/mol. The average Bonchev–Trinajstić information content (AvgIpc) is 3.02. The van der Waals surface area contributed by atoms with E-state index < -0.39 is 0 Å². The molecule has 24 heavy (non-hydrogen) atoms. The van der Waals surface area contributed by atoms with Crippen LogP contribution in [0.3, 0.4) is 0 Å². The zero-order valence-corrected chi connectivity index (χ0v) is 14.8. The van der Waals surface area contributed by atoms with Crippen LogP contribution in [0.4, 0.5) is 0 Å². The van der Waals surface area contributed by atoms with Gasteiger partial charge in [-0.25, -0.2) is 0 Å². The first kappa shape index (κ1) is 16.5. The predicted octanol–water partition coefficient (Wildman–Crippen LogP) is 5.14.